The summed E-state index contributed by atoms with van der Waals surface area (Å²) >= 11 is 13.2. The number of benzene rings is 1. The molecule has 0 saturated heterocycles. The van der Waals surface area contributed by atoms with Gasteiger partial charge in [0.15, 0.2) is 0 Å². The average molecular weight is 358 g/mol. The molecule has 0 unspecified atom stereocenters. The minimum absolute atomic E-state index is 0.138. The number of carbonyl (C=O) groups is 2. The van der Waals surface area contributed by atoms with E-state index in [1.807, 2.05) is 12.3 Å². The van der Waals surface area contributed by atoms with Gasteiger partial charge in [-0.15, -0.1) is 11.3 Å². The molecule has 0 atom stereocenters. The van der Waals surface area contributed by atoms with Crippen LogP contribution in [0.1, 0.15) is 21.1 Å². The first-order valence-corrected chi connectivity index (χ1v) is 8.00. The van der Waals surface area contributed by atoms with E-state index in [0.717, 1.165) is 10.7 Å². The van der Waals surface area contributed by atoms with Crippen LogP contribution in [0.2, 0.25) is 10.0 Å². The monoisotopic (exact) mass is 357 g/mol. The molecule has 0 aliphatic rings. The maximum atomic E-state index is 11.9. The molecule has 2 aromatic rings. The molecule has 2 rings (SSSR count). The van der Waals surface area contributed by atoms with Gasteiger partial charge in [-0.2, -0.15) is 0 Å². The highest BCUT2D eigenvalue weighted by Crippen LogP contribution is 2.20. The molecule has 1 aromatic carbocycles. The highest BCUT2D eigenvalue weighted by atomic mass is 35.5. The second-order valence-corrected chi connectivity index (χ2v) is 6.35. The Hall–Kier alpha value is -1.63. The number of carbonyl (C=O) groups excluding carboxylic acids is 2. The Morgan fingerprint density at radius 1 is 1.27 bits per heavy atom. The lowest BCUT2D eigenvalue weighted by atomic mass is 10.2. The lowest BCUT2D eigenvalue weighted by molar-refractivity contribution is -0.120. The molecule has 116 valence electrons. The van der Waals surface area contributed by atoms with Crippen molar-refractivity contribution in [3.05, 3.63) is 49.9 Å². The van der Waals surface area contributed by atoms with E-state index < -0.39 is 5.91 Å². The molecule has 0 spiro atoms. The largest absolute Gasteiger partial charge is 0.349 e. The third kappa shape index (κ3) is 4.69. The third-order valence-corrected chi connectivity index (χ3v) is 4.09. The van der Waals surface area contributed by atoms with Crippen molar-refractivity contribution in [2.45, 2.75) is 13.5 Å². The van der Waals surface area contributed by atoms with Gasteiger partial charge in [-0.3, -0.25) is 9.59 Å². The van der Waals surface area contributed by atoms with Crippen molar-refractivity contribution >= 4 is 46.4 Å². The lowest BCUT2D eigenvalue weighted by Gasteiger charge is -2.07. The van der Waals surface area contributed by atoms with Crippen LogP contribution >= 0.6 is 34.5 Å². The van der Waals surface area contributed by atoms with Gasteiger partial charge in [0.05, 0.1) is 34.4 Å². The standard InChI is InChI=1S/C14H13Cl2N3O2S/c1-8-19-10(7-22-8)5-17-13(20)6-18-14(21)11-3-2-9(15)4-12(11)16/h2-4,7H,5-6H2,1H3,(H,17,20)(H,18,21). The summed E-state index contributed by atoms with van der Waals surface area (Å²) in [6.07, 6.45) is 0. The Kier molecular flexibility index (Phi) is 5.76. The SMILES string of the molecule is Cc1nc(CNC(=O)CNC(=O)c2ccc(Cl)cc2Cl)cs1. The van der Waals surface area contributed by atoms with Gasteiger partial charge in [0, 0.05) is 10.4 Å². The van der Waals surface area contributed by atoms with E-state index >= 15 is 0 Å². The number of aryl methyl sites for hydroxylation is 1. The Morgan fingerprint density at radius 2 is 2.05 bits per heavy atom. The fourth-order valence-corrected chi connectivity index (χ4v) is 2.78. The molecule has 0 radical (unpaired) electrons. The fraction of sp³-hybridized carbons (Fsp3) is 0.214. The number of amides is 2. The van der Waals surface area contributed by atoms with Crippen molar-refractivity contribution < 1.29 is 9.59 Å². The molecule has 0 aliphatic heterocycles. The summed E-state index contributed by atoms with van der Waals surface area (Å²) in [4.78, 5) is 27.9. The van der Waals surface area contributed by atoms with Crippen LogP contribution in [0.25, 0.3) is 0 Å². The van der Waals surface area contributed by atoms with E-state index in [9.17, 15) is 9.59 Å². The number of aromatic nitrogens is 1. The van der Waals surface area contributed by atoms with Gasteiger partial charge in [0.1, 0.15) is 0 Å². The van der Waals surface area contributed by atoms with Crippen molar-refractivity contribution in [1.29, 1.82) is 0 Å². The molecule has 8 heteroatoms. The van der Waals surface area contributed by atoms with Crippen molar-refractivity contribution in [3.63, 3.8) is 0 Å². The number of rotatable bonds is 5. The van der Waals surface area contributed by atoms with Gasteiger partial charge in [-0.05, 0) is 25.1 Å². The van der Waals surface area contributed by atoms with E-state index in [1.165, 1.54) is 23.5 Å². The molecular formula is C14H13Cl2N3O2S. The molecule has 2 N–H and O–H groups in total. The maximum Gasteiger partial charge on any atom is 0.253 e. The molecular weight excluding hydrogens is 345 g/mol. The summed E-state index contributed by atoms with van der Waals surface area (Å²) in [7, 11) is 0. The molecule has 1 heterocycles. The number of thiazole rings is 1. The van der Waals surface area contributed by atoms with E-state index in [2.05, 4.69) is 15.6 Å². The van der Waals surface area contributed by atoms with Crippen molar-refractivity contribution in [2.75, 3.05) is 6.54 Å². The lowest BCUT2D eigenvalue weighted by Crippen LogP contribution is -2.36. The molecule has 0 bridgehead atoms. The maximum absolute atomic E-state index is 11.9. The minimum Gasteiger partial charge on any atom is -0.349 e. The average Bonchev–Trinajstić information content (AvgIpc) is 2.88. The van der Waals surface area contributed by atoms with Crippen LogP contribution < -0.4 is 10.6 Å². The first-order chi connectivity index (χ1) is 10.5. The summed E-state index contributed by atoms with van der Waals surface area (Å²) < 4.78 is 0. The quantitative estimate of drug-likeness (QED) is 0.864. The Balaban J connectivity index is 1.81. The first kappa shape index (κ1) is 16.7. The third-order valence-electron chi connectivity index (χ3n) is 2.72. The van der Waals surface area contributed by atoms with Crippen LogP contribution in [0.3, 0.4) is 0 Å². The molecule has 0 fully saturated rings. The van der Waals surface area contributed by atoms with Crippen LogP contribution in [0.4, 0.5) is 0 Å². The Morgan fingerprint density at radius 3 is 2.68 bits per heavy atom. The number of nitrogens with zero attached hydrogens (tertiary/aromatic N) is 1. The van der Waals surface area contributed by atoms with Crippen LogP contribution in [-0.2, 0) is 11.3 Å². The van der Waals surface area contributed by atoms with Crippen molar-refractivity contribution in [2.24, 2.45) is 0 Å². The first-order valence-electron chi connectivity index (χ1n) is 6.36. The van der Waals surface area contributed by atoms with Crippen molar-refractivity contribution in [3.8, 4) is 0 Å². The highest BCUT2D eigenvalue weighted by Gasteiger charge is 2.12. The van der Waals surface area contributed by atoms with Crippen LogP contribution in [-0.4, -0.2) is 23.3 Å². The highest BCUT2D eigenvalue weighted by molar-refractivity contribution is 7.09. The van der Waals surface area contributed by atoms with Crippen LogP contribution in [0, 0.1) is 6.92 Å². The number of hydrogen-bond donors (Lipinski definition) is 2. The zero-order valence-corrected chi connectivity index (χ0v) is 14.0. The zero-order valence-electron chi connectivity index (χ0n) is 11.7. The van der Waals surface area contributed by atoms with Crippen LogP contribution in [0.15, 0.2) is 23.6 Å². The second-order valence-electron chi connectivity index (χ2n) is 4.44. The summed E-state index contributed by atoms with van der Waals surface area (Å²) in [6.45, 7) is 2.09. The normalized spacial score (nSPS) is 10.3. The van der Waals surface area contributed by atoms with Gasteiger partial charge >= 0.3 is 0 Å². The Labute approximate surface area is 141 Å². The van der Waals surface area contributed by atoms with Gasteiger partial charge in [0.2, 0.25) is 5.91 Å². The molecule has 1 aromatic heterocycles. The fourth-order valence-electron chi connectivity index (χ4n) is 1.67. The van der Waals surface area contributed by atoms with E-state index in [-0.39, 0.29) is 23.0 Å². The van der Waals surface area contributed by atoms with Gasteiger partial charge in [-0.25, -0.2) is 4.98 Å². The summed E-state index contributed by atoms with van der Waals surface area (Å²) in [5.41, 5.74) is 1.07. The minimum atomic E-state index is -0.429. The molecule has 5 nitrogen and oxygen atoms in total. The smallest absolute Gasteiger partial charge is 0.253 e. The summed E-state index contributed by atoms with van der Waals surface area (Å²) in [5, 5.41) is 8.68. The van der Waals surface area contributed by atoms with Gasteiger partial charge in [0.25, 0.3) is 5.91 Å². The molecule has 0 saturated carbocycles. The zero-order chi connectivity index (χ0) is 16.1. The second kappa shape index (κ2) is 7.58. The number of nitrogens with one attached hydrogen (secondary N) is 2. The summed E-state index contributed by atoms with van der Waals surface area (Å²) in [5.74, 6) is -0.731. The van der Waals surface area contributed by atoms with E-state index in [0.29, 0.717) is 11.6 Å². The molecule has 22 heavy (non-hydrogen) atoms. The van der Waals surface area contributed by atoms with Crippen LogP contribution in [0.5, 0.6) is 0 Å². The Bertz CT molecular complexity index is 703. The topological polar surface area (TPSA) is 71.1 Å². The van der Waals surface area contributed by atoms with Crippen molar-refractivity contribution in [1.82, 2.24) is 15.6 Å². The predicted octanol–water partition coefficient (Wildman–Crippen LogP) is 2.80. The number of halogens is 2. The predicted molar refractivity (Wildman–Crippen MR) is 87.5 cm³/mol. The molecule has 2 amide bonds. The van der Waals surface area contributed by atoms with Gasteiger partial charge < -0.3 is 10.6 Å². The van der Waals surface area contributed by atoms with E-state index in [1.54, 1.807) is 6.07 Å². The summed E-state index contributed by atoms with van der Waals surface area (Å²) in [6, 6.07) is 4.55. The van der Waals surface area contributed by atoms with E-state index in [4.69, 9.17) is 23.2 Å². The van der Waals surface area contributed by atoms with Gasteiger partial charge in [-0.1, -0.05) is 23.2 Å². The number of hydrogen-bond acceptors (Lipinski definition) is 4. The molecule has 0 aliphatic carbocycles.